The summed E-state index contributed by atoms with van der Waals surface area (Å²) in [6.45, 7) is 10.0. The molecule has 1 fully saturated rings. The van der Waals surface area contributed by atoms with Crippen molar-refractivity contribution in [3.05, 3.63) is 53.3 Å². The van der Waals surface area contributed by atoms with E-state index in [0.717, 1.165) is 38.4 Å². The van der Waals surface area contributed by atoms with Gasteiger partial charge >= 0.3 is 0 Å². The first-order valence-electron chi connectivity index (χ1n) is 8.66. The number of aromatic nitrogens is 2. The number of hydrogen-bond acceptors (Lipinski definition) is 3. The van der Waals surface area contributed by atoms with Crippen molar-refractivity contribution in [1.82, 2.24) is 19.6 Å². The Balaban J connectivity index is 1.84. The number of carbonyl (C=O) groups is 1. The second-order valence-corrected chi connectivity index (χ2v) is 6.46. The van der Waals surface area contributed by atoms with Crippen LogP contribution in [0.3, 0.4) is 0 Å². The first kappa shape index (κ1) is 16.7. The number of hydrogen-bond donors (Lipinski definition) is 0. The molecule has 1 aliphatic rings. The molecule has 1 aliphatic heterocycles. The highest BCUT2D eigenvalue weighted by Gasteiger charge is 2.29. The van der Waals surface area contributed by atoms with Crippen LogP contribution in [0.2, 0.25) is 0 Å². The molecule has 1 amide bonds. The first-order valence-corrected chi connectivity index (χ1v) is 8.66. The summed E-state index contributed by atoms with van der Waals surface area (Å²) in [6, 6.07) is 10.7. The van der Waals surface area contributed by atoms with E-state index in [-0.39, 0.29) is 11.9 Å². The SMILES string of the molecule is CCn1cc(CN2CCN(C(C)=O)CC2c2ccccc2)c(C)n1. The van der Waals surface area contributed by atoms with Gasteiger partial charge in [0.1, 0.15) is 0 Å². The van der Waals surface area contributed by atoms with Crippen molar-refractivity contribution in [2.24, 2.45) is 0 Å². The Morgan fingerprint density at radius 3 is 2.62 bits per heavy atom. The molecule has 1 aromatic heterocycles. The van der Waals surface area contributed by atoms with Gasteiger partial charge in [-0.2, -0.15) is 5.10 Å². The molecule has 1 saturated heterocycles. The molecule has 0 N–H and O–H groups in total. The van der Waals surface area contributed by atoms with Gasteiger partial charge in [-0.3, -0.25) is 14.4 Å². The lowest BCUT2D eigenvalue weighted by molar-refractivity contribution is -0.132. The maximum atomic E-state index is 11.8. The average molecular weight is 326 g/mol. The molecule has 128 valence electrons. The topological polar surface area (TPSA) is 41.4 Å². The third kappa shape index (κ3) is 3.51. The molecule has 24 heavy (non-hydrogen) atoms. The molecule has 5 nitrogen and oxygen atoms in total. The number of piperazine rings is 1. The van der Waals surface area contributed by atoms with Gasteiger partial charge in [0.25, 0.3) is 0 Å². The molecule has 0 spiro atoms. The van der Waals surface area contributed by atoms with Crippen LogP contribution in [-0.2, 0) is 17.9 Å². The van der Waals surface area contributed by atoms with Crippen LogP contribution in [0, 0.1) is 6.92 Å². The summed E-state index contributed by atoms with van der Waals surface area (Å²) >= 11 is 0. The molecule has 1 unspecified atom stereocenters. The van der Waals surface area contributed by atoms with Crippen molar-refractivity contribution in [1.29, 1.82) is 0 Å². The van der Waals surface area contributed by atoms with Crippen LogP contribution in [0.4, 0.5) is 0 Å². The van der Waals surface area contributed by atoms with E-state index < -0.39 is 0 Å². The second-order valence-electron chi connectivity index (χ2n) is 6.46. The van der Waals surface area contributed by atoms with Gasteiger partial charge < -0.3 is 4.90 Å². The lowest BCUT2D eigenvalue weighted by Gasteiger charge is -2.41. The van der Waals surface area contributed by atoms with Gasteiger partial charge in [-0.15, -0.1) is 0 Å². The molecule has 5 heteroatoms. The summed E-state index contributed by atoms with van der Waals surface area (Å²) in [5.41, 5.74) is 3.63. The Labute approximate surface area is 143 Å². The molecule has 2 heterocycles. The highest BCUT2D eigenvalue weighted by atomic mass is 16.2. The zero-order valence-corrected chi connectivity index (χ0v) is 14.8. The van der Waals surface area contributed by atoms with Crippen molar-refractivity contribution in [3.8, 4) is 0 Å². The fraction of sp³-hybridized carbons (Fsp3) is 0.474. The van der Waals surface area contributed by atoms with E-state index in [1.54, 1.807) is 6.92 Å². The summed E-state index contributed by atoms with van der Waals surface area (Å²) in [5, 5.41) is 4.56. The van der Waals surface area contributed by atoms with Crippen molar-refractivity contribution >= 4 is 5.91 Å². The van der Waals surface area contributed by atoms with Crippen LogP contribution >= 0.6 is 0 Å². The second kappa shape index (κ2) is 7.18. The van der Waals surface area contributed by atoms with Gasteiger partial charge in [-0.25, -0.2) is 0 Å². The third-order valence-corrected chi connectivity index (χ3v) is 4.87. The van der Waals surface area contributed by atoms with E-state index in [0.29, 0.717) is 0 Å². The zero-order chi connectivity index (χ0) is 17.1. The predicted molar refractivity (Wildman–Crippen MR) is 94.5 cm³/mol. The van der Waals surface area contributed by atoms with Gasteiger partial charge in [0.05, 0.1) is 11.7 Å². The van der Waals surface area contributed by atoms with Crippen LogP contribution in [0.5, 0.6) is 0 Å². The fourth-order valence-corrected chi connectivity index (χ4v) is 3.38. The Hall–Kier alpha value is -2.14. The molecule has 0 radical (unpaired) electrons. The summed E-state index contributed by atoms with van der Waals surface area (Å²) in [7, 11) is 0. The van der Waals surface area contributed by atoms with E-state index in [1.807, 2.05) is 15.6 Å². The van der Waals surface area contributed by atoms with E-state index in [2.05, 4.69) is 54.3 Å². The Kier molecular flexibility index (Phi) is 5.00. The molecule has 0 bridgehead atoms. The molecule has 2 aromatic rings. The number of aryl methyl sites for hydroxylation is 2. The van der Waals surface area contributed by atoms with Crippen LogP contribution in [0.25, 0.3) is 0 Å². The van der Waals surface area contributed by atoms with E-state index in [1.165, 1.54) is 11.1 Å². The number of benzene rings is 1. The molecule has 1 aromatic carbocycles. The minimum absolute atomic E-state index is 0.158. The largest absolute Gasteiger partial charge is 0.340 e. The summed E-state index contributed by atoms with van der Waals surface area (Å²) in [4.78, 5) is 16.3. The quantitative estimate of drug-likeness (QED) is 0.867. The van der Waals surface area contributed by atoms with E-state index in [9.17, 15) is 4.79 Å². The highest BCUT2D eigenvalue weighted by Crippen LogP contribution is 2.27. The van der Waals surface area contributed by atoms with E-state index in [4.69, 9.17) is 0 Å². The Bertz CT molecular complexity index is 695. The minimum atomic E-state index is 0.158. The molecular weight excluding hydrogens is 300 g/mol. The maximum Gasteiger partial charge on any atom is 0.219 e. The summed E-state index contributed by atoms with van der Waals surface area (Å²) < 4.78 is 1.99. The van der Waals surface area contributed by atoms with Crippen molar-refractivity contribution < 1.29 is 4.79 Å². The molecule has 1 atom stereocenters. The van der Waals surface area contributed by atoms with Crippen LogP contribution in [-0.4, -0.2) is 45.1 Å². The first-order chi connectivity index (χ1) is 11.6. The Morgan fingerprint density at radius 2 is 2.00 bits per heavy atom. The lowest BCUT2D eigenvalue weighted by atomic mass is 10.0. The van der Waals surface area contributed by atoms with Gasteiger partial charge in [-0.05, 0) is 19.4 Å². The molecule has 0 saturated carbocycles. The van der Waals surface area contributed by atoms with Gasteiger partial charge in [0.2, 0.25) is 5.91 Å². The van der Waals surface area contributed by atoms with Crippen LogP contribution < -0.4 is 0 Å². The number of rotatable bonds is 4. The van der Waals surface area contributed by atoms with Crippen molar-refractivity contribution in [3.63, 3.8) is 0 Å². The normalized spacial score (nSPS) is 18.8. The molecular formula is C19H26N4O. The van der Waals surface area contributed by atoms with Crippen LogP contribution in [0.1, 0.15) is 36.7 Å². The smallest absolute Gasteiger partial charge is 0.219 e. The Morgan fingerprint density at radius 1 is 1.25 bits per heavy atom. The number of nitrogens with zero attached hydrogens (tertiary/aromatic N) is 4. The summed E-state index contributed by atoms with van der Waals surface area (Å²) in [5.74, 6) is 0.158. The lowest BCUT2D eigenvalue weighted by Crippen LogP contribution is -2.49. The van der Waals surface area contributed by atoms with E-state index >= 15 is 0 Å². The third-order valence-electron chi connectivity index (χ3n) is 4.87. The van der Waals surface area contributed by atoms with Crippen molar-refractivity contribution in [2.75, 3.05) is 19.6 Å². The van der Waals surface area contributed by atoms with Crippen molar-refractivity contribution in [2.45, 2.75) is 39.9 Å². The minimum Gasteiger partial charge on any atom is -0.340 e. The van der Waals surface area contributed by atoms with Gasteiger partial charge in [0, 0.05) is 51.4 Å². The predicted octanol–water partition coefficient (Wildman–Crippen LogP) is 2.62. The van der Waals surface area contributed by atoms with Crippen LogP contribution in [0.15, 0.2) is 36.5 Å². The standard InChI is InChI=1S/C19H26N4O/c1-4-23-13-18(15(2)20-23)12-22-11-10-21(16(3)24)14-19(22)17-8-6-5-7-9-17/h5-9,13,19H,4,10-12,14H2,1-3H3. The maximum absolute atomic E-state index is 11.8. The number of amides is 1. The average Bonchev–Trinajstić information content (AvgIpc) is 2.96. The monoisotopic (exact) mass is 326 g/mol. The molecule has 3 rings (SSSR count). The molecule has 0 aliphatic carbocycles. The van der Waals surface area contributed by atoms with Gasteiger partial charge in [-0.1, -0.05) is 30.3 Å². The highest BCUT2D eigenvalue weighted by molar-refractivity contribution is 5.73. The van der Waals surface area contributed by atoms with Gasteiger partial charge in [0.15, 0.2) is 0 Å². The number of carbonyl (C=O) groups excluding carboxylic acids is 1. The summed E-state index contributed by atoms with van der Waals surface area (Å²) in [6.07, 6.45) is 2.15. The fourth-order valence-electron chi connectivity index (χ4n) is 3.38. The zero-order valence-electron chi connectivity index (χ0n) is 14.8.